The predicted molar refractivity (Wildman–Crippen MR) is 55.3 cm³/mol. The Bertz CT molecular complexity index is 312. The molecule has 14 heavy (non-hydrogen) atoms. The lowest BCUT2D eigenvalue weighted by Crippen LogP contribution is -2.10. The Hall–Kier alpha value is -0.940. The molecule has 0 aliphatic heterocycles. The van der Waals surface area contributed by atoms with Crippen LogP contribution in [0.15, 0.2) is 5.38 Å². The van der Waals surface area contributed by atoms with E-state index < -0.39 is 0 Å². The number of hydrogen-bond donors (Lipinski definition) is 1. The lowest BCUT2D eigenvalue weighted by molar-refractivity contribution is 0.0520. The van der Waals surface area contributed by atoms with Crippen molar-refractivity contribution >= 4 is 17.3 Å². The molecular formula is C9H14N2O2S. The van der Waals surface area contributed by atoms with E-state index in [4.69, 9.17) is 10.5 Å². The van der Waals surface area contributed by atoms with Crippen molar-refractivity contribution in [2.45, 2.75) is 26.3 Å². The van der Waals surface area contributed by atoms with E-state index >= 15 is 0 Å². The number of carbonyl (C=O) groups is 1. The minimum atomic E-state index is -0.377. The zero-order chi connectivity index (χ0) is 10.6. The maximum Gasteiger partial charge on any atom is 0.357 e. The van der Waals surface area contributed by atoms with Crippen LogP contribution in [0.4, 0.5) is 0 Å². The third-order valence-electron chi connectivity index (χ3n) is 1.76. The Morgan fingerprint density at radius 2 is 2.43 bits per heavy atom. The number of thiazole rings is 1. The molecular weight excluding hydrogens is 200 g/mol. The number of esters is 1. The van der Waals surface area contributed by atoms with Gasteiger partial charge in [-0.15, -0.1) is 11.3 Å². The number of nitrogens with zero attached hydrogens (tertiary/aromatic N) is 1. The zero-order valence-corrected chi connectivity index (χ0v) is 9.13. The van der Waals surface area contributed by atoms with Crippen LogP contribution in [0, 0.1) is 0 Å². The first kappa shape index (κ1) is 11.1. The molecule has 0 fully saturated rings. The summed E-state index contributed by atoms with van der Waals surface area (Å²) in [5, 5.41) is 2.47. The van der Waals surface area contributed by atoms with Gasteiger partial charge in [0.15, 0.2) is 5.69 Å². The quantitative estimate of drug-likeness (QED) is 0.775. The van der Waals surface area contributed by atoms with Gasteiger partial charge in [0.2, 0.25) is 0 Å². The van der Waals surface area contributed by atoms with Crippen molar-refractivity contribution in [3.05, 3.63) is 16.1 Å². The van der Waals surface area contributed by atoms with Gasteiger partial charge in [0.1, 0.15) is 5.01 Å². The van der Waals surface area contributed by atoms with Crippen LogP contribution < -0.4 is 5.73 Å². The fourth-order valence-corrected chi connectivity index (χ4v) is 1.81. The molecule has 0 bridgehead atoms. The second kappa shape index (κ2) is 5.07. The largest absolute Gasteiger partial charge is 0.461 e. The molecule has 1 aromatic rings. The fraction of sp³-hybridized carbons (Fsp3) is 0.556. The molecule has 2 N–H and O–H groups in total. The topological polar surface area (TPSA) is 65.2 Å². The average molecular weight is 214 g/mol. The van der Waals surface area contributed by atoms with Gasteiger partial charge < -0.3 is 10.5 Å². The molecule has 0 spiro atoms. The first-order chi connectivity index (χ1) is 6.69. The van der Waals surface area contributed by atoms with E-state index in [1.807, 2.05) is 6.92 Å². The molecule has 0 saturated carbocycles. The molecule has 0 amide bonds. The number of carbonyl (C=O) groups excluding carboxylic acids is 1. The first-order valence-corrected chi connectivity index (χ1v) is 5.45. The molecule has 78 valence electrons. The second-order valence-electron chi connectivity index (χ2n) is 2.81. The van der Waals surface area contributed by atoms with E-state index in [-0.39, 0.29) is 12.0 Å². The summed E-state index contributed by atoms with van der Waals surface area (Å²) in [5.41, 5.74) is 6.13. The molecule has 0 aliphatic carbocycles. The second-order valence-corrected chi connectivity index (χ2v) is 3.70. The molecule has 0 aromatic carbocycles. The van der Waals surface area contributed by atoms with Crippen LogP contribution in [-0.2, 0) is 4.74 Å². The fourth-order valence-electron chi connectivity index (χ4n) is 0.931. The monoisotopic (exact) mass is 214 g/mol. The summed E-state index contributed by atoms with van der Waals surface area (Å²) >= 11 is 1.40. The number of rotatable bonds is 4. The van der Waals surface area contributed by atoms with Crippen LogP contribution in [0.5, 0.6) is 0 Å². The Kier molecular flexibility index (Phi) is 4.03. The third kappa shape index (κ3) is 2.52. The van der Waals surface area contributed by atoms with Gasteiger partial charge in [-0.25, -0.2) is 9.78 Å². The smallest absolute Gasteiger partial charge is 0.357 e. The third-order valence-corrected chi connectivity index (χ3v) is 2.74. The lowest BCUT2D eigenvalue weighted by atomic mass is 10.2. The van der Waals surface area contributed by atoms with Gasteiger partial charge >= 0.3 is 5.97 Å². The highest BCUT2D eigenvalue weighted by molar-refractivity contribution is 7.09. The minimum Gasteiger partial charge on any atom is -0.461 e. The van der Waals surface area contributed by atoms with Crippen LogP contribution in [0.25, 0.3) is 0 Å². The molecule has 1 heterocycles. The number of nitrogens with two attached hydrogens (primary N) is 1. The van der Waals surface area contributed by atoms with E-state index in [2.05, 4.69) is 4.98 Å². The molecule has 5 heteroatoms. The van der Waals surface area contributed by atoms with E-state index in [1.165, 1.54) is 11.3 Å². The van der Waals surface area contributed by atoms with Gasteiger partial charge in [-0.3, -0.25) is 0 Å². The molecule has 4 nitrogen and oxygen atoms in total. The Morgan fingerprint density at radius 3 is 3.00 bits per heavy atom. The molecule has 0 aliphatic rings. The van der Waals surface area contributed by atoms with Gasteiger partial charge in [0, 0.05) is 5.38 Å². The van der Waals surface area contributed by atoms with Crippen molar-refractivity contribution in [2.24, 2.45) is 5.73 Å². The first-order valence-electron chi connectivity index (χ1n) is 4.57. The van der Waals surface area contributed by atoms with E-state index in [9.17, 15) is 4.79 Å². The van der Waals surface area contributed by atoms with Crippen LogP contribution in [-0.4, -0.2) is 17.6 Å². The molecule has 1 atom stereocenters. The van der Waals surface area contributed by atoms with Crippen molar-refractivity contribution in [2.75, 3.05) is 6.61 Å². The maximum atomic E-state index is 11.3. The highest BCUT2D eigenvalue weighted by atomic mass is 32.1. The van der Waals surface area contributed by atoms with Crippen LogP contribution in [0.3, 0.4) is 0 Å². The minimum absolute atomic E-state index is 0.0804. The Labute approximate surface area is 87.1 Å². The van der Waals surface area contributed by atoms with Crippen molar-refractivity contribution in [1.82, 2.24) is 4.98 Å². The summed E-state index contributed by atoms with van der Waals surface area (Å²) in [6.07, 6.45) is 0.815. The summed E-state index contributed by atoms with van der Waals surface area (Å²) < 4.78 is 4.82. The van der Waals surface area contributed by atoms with Crippen LogP contribution >= 0.6 is 11.3 Å². The van der Waals surface area contributed by atoms with Crippen molar-refractivity contribution in [3.63, 3.8) is 0 Å². The van der Waals surface area contributed by atoms with E-state index in [0.29, 0.717) is 12.3 Å². The molecule has 1 aromatic heterocycles. The predicted octanol–water partition coefficient (Wildman–Crippen LogP) is 1.73. The maximum absolute atomic E-state index is 11.3. The highest BCUT2D eigenvalue weighted by Crippen LogP contribution is 2.18. The summed E-state index contributed by atoms with van der Waals surface area (Å²) in [6.45, 7) is 4.12. The van der Waals surface area contributed by atoms with Gasteiger partial charge in [-0.2, -0.15) is 0 Å². The highest BCUT2D eigenvalue weighted by Gasteiger charge is 2.14. The molecule has 0 radical (unpaired) electrons. The molecule has 1 rings (SSSR count). The normalized spacial score (nSPS) is 12.5. The standard InChI is InChI=1S/C9H14N2O2S/c1-3-6(10)8-11-7(5-14-8)9(12)13-4-2/h5-6H,3-4,10H2,1-2H3. The summed E-state index contributed by atoms with van der Waals surface area (Å²) in [6, 6.07) is -0.0804. The zero-order valence-electron chi connectivity index (χ0n) is 8.32. The SMILES string of the molecule is CCOC(=O)c1csc(C(N)CC)n1. The number of ether oxygens (including phenoxy) is 1. The van der Waals surface area contributed by atoms with Crippen LogP contribution in [0.2, 0.25) is 0 Å². The van der Waals surface area contributed by atoms with Crippen molar-refractivity contribution in [3.8, 4) is 0 Å². The number of hydrogen-bond acceptors (Lipinski definition) is 5. The van der Waals surface area contributed by atoms with Gasteiger partial charge in [-0.05, 0) is 13.3 Å². The van der Waals surface area contributed by atoms with Crippen molar-refractivity contribution in [1.29, 1.82) is 0 Å². The molecule has 0 saturated heterocycles. The number of aromatic nitrogens is 1. The summed E-state index contributed by atoms with van der Waals surface area (Å²) in [7, 11) is 0. The van der Waals surface area contributed by atoms with Gasteiger partial charge in [0.05, 0.1) is 12.6 Å². The Morgan fingerprint density at radius 1 is 1.71 bits per heavy atom. The average Bonchev–Trinajstić information content (AvgIpc) is 2.66. The lowest BCUT2D eigenvalue weighted by Gasteiger charge is -2.02. The molecule has 1 unspecified atom stereocenters. The van der Waals surface area contributed by atoms with Crippen molar-refractivity contribution < 1.29 is 9.53 Å². The summed E-state index contributed by atoms with van der Waals surface area (Å²) in [5.74, 6) is -0.377. The van der Waals surface area contributed by atoms with Crippen LogP contribution in [0.1, 0.15) is 41.8 Å². The Balaban J connectivity index is 2.72. The van der Waals surface area contributed by atoms with E-state index in [1.54, 1.807) is 12.3 Å². The van der Waals surface area contributed by atoms with Gasteiger partial charge in [-0.1, -0.05) is 6.92 Å². The van der Waals surface area contributed by atoms with Gasteiger partial charge in [0.25, 0.3) is 0 Å². The summed E-state index contributed by atoms with van der Waals surface area (Å²) in [4.78, 5) is 15.4. The van der Waals surface area contributed by atoms with E-state index in [0.717, 1.165) is 11.4 Å².